The van der Waals surface area contributed by atoms with Crippen molar-refractivity contribution in [2.75, 3.05) is 7.05 Å². The zero-order valence-corrected chi connectivity index (χ0v) is 10.1. The van der Waals surface area contributed by atoms with Crippen molar-refractivity contribution < 1.29 is 14.3 Å². The number of carbonyl (C=O) groups is 1. The third-order valence-electron chi connectivity index (χ3n) is 2.66. The summed E-state index contributed by atoms with van der Waals surface area (Å²) in [5.41, 5.74) is 0.853. The van der Waals surface area contributed by atoms with Crippen LogP contribution in [0.25, 0.3) is 0 Å². The number of aryl methyl sites for hydroxylation is 2. The molecule has 1 atom stereocenters. The molecule has 1 heterocycles. The maximum Gasteiger partial charge on any atom is 0.320 e. The van der Waals surface area contributed by atoms with Gasteiger partial charge in [-0.2, -0.15) is 0 Å². The van der Waals surface area contributed by atoms with Crippen LogP contribution in [0.2, 0.25) is 0 Å². The number of hydrogen-bond acceptors (Lipinski definition) is 4. The smallest absolute Gasteiger partial charge is 0.320 e. The van der Waals surface area contributed by atoms with Gasteiger partial charge in [-0.05, 0) is 27.3 Å². The van der Waals surface area contributed by atoms with E-state index in [1.54, 1.807) is 11.9 Å². The van der Waals surface area contributed by atoms with Crippen molar-refractivity contribution in [1.29, 1.82) is 0 Å². The summed E-state index contributed by atoms with van der Waals surface area (Å²) < 4.78 is 5.41. The second-order valence-corrected chi connectivity index (χ2v) is 3.93. The van der Waals surface area contributed by atoms with E-state index in [1.807, 2.05) is 20.8 Å². The minimum absolute atomic E-state index is 0.416. The minimum Gasteiger partial charge on any atom is -0.480 e. The second-order valence-electron chi connectivity index (χ2n) is 3.93. The molecule has 0 saturated carbocycles. The predicted octanol–water partition coefficient (Wildman–Crippen LogP) is 1.59. The van der Waals surface area contributed by atoms with Crippen molar-refractivity contribution in [2.45, 2.75) is 39.8 Å². The summed E-state index contributed by atoms with van der Waals surface area (Å²) in [5.74, 6) is 0.536. The highest BCUT2D eigenvalue weighted by Crippen LogP contribution is 2.12. The van der Waals surface area contributed by atoms with Crippen LogP contribution in [-0.4, -0.2) is 34.0 Å². The van der Waals surface area contributed by atoms with Gasteiger partial charge in [0.25, 0.3) is 0 Å². The third-order valence-corrected chi connectivity index (χ3v) is 2.66. The van der Waals surface area contributed by atoms with Gasteiger partial charge < -0.3 is 9.52 Å². The van der Waals surface area contributed by atoms with Gasteiger partial charge in [0, 0.05) is 0 Å². The molecule has 1 rings (SSSR count). The van der Waals surface area contributed by atoms with Crippen LogP contribution < -0.4 is 0 Å². The summed E-state index contributed by atoms with van der Waals surface area (Å²) in [6.45, 7) is 5.98. The summed E-state index contributed by atoms with van der Waals surface area (Å²) in [7, 11) is 1.76. The molecule has 0 aliphatic carbocycles. The summed E-state index contributed by atoms with van der Waals surface area (Å²) >= 11 is 0. The number of aromatic nitrogens is 1. The molecule has 0 aliphatic heterocycles. The first-order valence-electron chi connectivity index (χ1n) is 5.31. The molecule has 0 saturated heterocycles. The van der Waals surface area contributed by atoms with E-state index in [4.69, 9.17) is 9.52 Å². The Morgan fingerprint density at radius 2 is 2.19 bits per heavy atom. The lowest BCUT2D eigenvalue weighted by atomic mass is 10.2. The normalized spacial score (nSPS) is 13.1. The summed E-state index contributed by atoms with van der Waals surface area (Å²) in [6.07, 6.45) is 0.560. The van der Waals surface area contributed by atoms with E-state index < -0.39 is 12.0 Å². The lowest BCUT2D eigenvalue weighted by Gasteiger charge is -2.21. The topological polar surface area (TPSA) is 66.6 Å². The van der Waals surface area contributed by atoms with Crippen LogP contribution in [-0.2, 0) is 11.3 Å². The third kappa shape index (κ3) is 2.82. The van der Waals surface area contributed by atoms with Gasteiger partial charge in [-0.1, -0.05) is 6.92 Å². The molecule has 1 aromatic heterocycles. The Labute approximate surface area is 95.1 Å². The quantitative estimate of drug-likeness (QED) is 0.825. The van der Waals surface area contributed by atoms with Gasteiger partial charge in [0.05, 0.1) is 12.2 Å². The molecule has 1 N–H and O–H groups in total. The molecule has 0 radical (unpaired) electrons. The van der Waals surface area contributed by atoms with Crippen LogP contribution in [0, 0.1) is 13.8 Å². The Balaban J connectivity index is 2.69. The highest BCUT2D eigenvalue weighted by Gasteiger charge is 2.22. The van der Waals surface area contributed by atoms with Gasteiger partial charge >= 0.3 is 5.97 Å². The number of oxazole rings is 1. The molecular formula is C11H18N2O3. The van der Waals surface area contributed by atoms with Crippen LogP contribution in [0.4, 0.5) is 0 Å². The van der Waals surface area contributed by atoms with Crippen LogP contribution >= 0.6 is 0 Å². The van der Waals surface area contributed by atoms with Crippen molar-refractivity contribution in [3.63, 3.8) is 0 Å². The van der Waals surface area contributed by atoms with E-state index in [-0.39, 0.29) is 0 Å². The zero-order valence-electron chi connectivity index (χ0n) is 10.1. The fourth-order valence-corrected chi connectivity index (χ4v) is 1.61. The van der Waals surface area contributed by atoms with Gasteiger partial charge in [-0.3, -0.25) is 9.69 Å². The average Bonchev–Trinajstić information content (AvgIpc) is 2.45. The van der Waals surface area contributed by atoms with E-state index in [0.717, 1.165) is 11.5 Å². The molecule has 90 valence electrons. The largest absolute Gasteiger partial charge is 0.480 e. The van der Waals surface area contributed by atoms with E-state index in [2.05, 4.69) is 4.98 Å². The number of hydrogen-bond donors (Lipinski definition) is 1. The van der Waals surface area contributed by atoms with Crippen LogP contribution in [0.3, 0.4) is 0 Å². The van der Waals surface area contributed by atoms with Crippen LogP contribution in [0.15, 0.2) is 4.42 Å². The fourth-order valence-electron chi connectivity index (χ4n) is 1.61. The summed E-state index contributed by atoms with van der Waals surface area (Å²) in [4.78, 5) is 16.9. The highest BCUT2D eigenvalue weighted by atomic mass is 16.4. The lowest BCUT2D eigenvalue weighted by Crippen LogP contribution is -2.37. The predicted molar refractivity (Wildman–Crippen MR) is 59.2 cm³/mol. The van der Waals surface area contributed by atoms with Crippen molar-refractivity contribution in [1.82, 2.24) is 9.88 Å². The highest BCUT2D eigenvalue weighted by molar-refractivity contribution is 5.73. The Hall–Kier alpha value is -1.36. The summed E-state index contributed by atoms with van der Waals surface area (Å²) in [5, 5.41) is 8.99. The molecular weight excluding hydrogens is 208 g/mol. The number of carboxylic acid groups (broad SMARTS) is 1. The maximum absolute atomic E-state index is 10.9. The molecule has 0 bridgehead atoms. The van der Waals surface area contributed by atoms with E-state index in [1.165, 1.54) is 0 Å². The molecule has 0 aliphatic rings. The standard InChI is InChI=1S/C11H18N2O3/c1-5-9(11(14)15)13(4)6-10-12-7(2)8(3)16-10/h9H,5-6H2,1-4H3,(H,14,15). The Morgan fingerprint density at radius 1 is 1.56 bits per heavy atom. The van der Waals surface area contributed by atoms with Gasteiger partial charge in [-0.25, -0.2) is 4.98 Å². The van der Waals surface area contributed by atoms with Crippen molar-refractivity contribution in [3.05, 3.63) is 17.3 Å². The molecule has 1 unspecified atom stereocenters. The average molecular weight is 226 g/mol. The van der Waals surface area contributed by atoms with Crippen LogP contribution in [0.5, 0.6) is 0 Å². The second kappa shape index (κ2) is 5.12. The number of nitrogens with zero attached hydrogens (tertiary/aromatic N) is 2. The molecule has 0 spiro atoms. The first-order chi connectivity index (χ1) is 7.45. The van der Waals surface area contributed by atoms with E-state index in [0.29, 0.717) is 18.9 Å². The van der Waals surface area contributed by atoms with Crippen molar-refractivity contribution in [2.24, 2.45) is 0 Å². The Bertz CT molecular complexity index is 354. The molecule has 0 aromatic carbocycles. The molecule has 0 amide bonds. The first kappa shape index (κ1) is 12.7. The molecule has 5 nitrogen and oxygen atoms in total. The van der Waals surface area contributed by atoms with Crippen molar-refractivity contribution >= 4 is 5.97 Å². The molecule has 1 aromatic rings. The number of aliphatic carboxylic acids is 1. The Morgan fingerprint density at radius 3 is 2.56 bits per heavy atom. The zero-order chi connectivity index (χ0) is 12.3. The molecule has 5 heteroatoms. The number of rotatable bonds is 5. The maximum atomic E-state index is 10.9. The number of likely N-dealkylation sites (N-methyl/N-ethyl adjacent to an activating group) is 1. The van der Waals surface area contributed by atoms with Crippen LogP contribution in [0.1, 0.15) is 30.7 Å². The van der Waals surface area contributed by atoms with Crippen molar-refractivity contribution in [3.8, 4) is 0 Å². The van der Waals surface area contributed by atoms with E-state index in [9.17, 15) is 4.79 Å². The lowest BCUT2D eigenvalue weighted by molar-refractivity contribution is -0.143. The Kier molecular flexibility index (Phi) is 4.06. The van der Waals surface area contributed by atoms with E-state index >= 15 is 0 Å². The van der Waals surface area contributed by atoms with Gasteiger partial charge in [-0.15, -0.1) is 0 Å². The SMILES string of the molecule is CCC(C(=O)O)N(C)Cc1nc(C)c(C)o1. The minimum atomic E-state index is -0.815. The van der Waals surface area contributed by atoms with Gasteiger partial charge in [0.15, 0.2) is 0 Å². The van der Waals surface area contributed by atoms with Gasteiger partial charge in [0.2, 0.25) is 5.89 Å². The molecule has 16 heavy (non-hydrogen) atoms. The first-order valence-corrected chi connectivity index (χ1v) is 5.31. The number of carboxylic acids is 1. The van der Waals surface area contributed by atoms with Gasteiger partial charge in [0.1, 0.15) is 11.8 Å². The monoisotopic (exact) mass is 226 g/mol. The fraction of sp³-hybridized carbons (Fsp3) is 0.636. The summed E-state index contributed by atoms with van der Waals surface area (Å²) in [6, 6.07) is -0.493. The molecule has 0 fully saturated rings.